The molecule has 0 aromatic heterocycles. The highest BCUT2D eigenvalue weighted by Crippen LogP contribution is 2.10. The first-order valence-electron chi connectivity index (χ1n) is 3.62. The standard InChI is InChI=1S/C9H6N4/c10-6-9(7-11)13-12-8-4-2-1-3-5-8/h1-5,9H/b13-12+. The van der Waals surface area contributed by atoms with Gasteiger partial charge in [-0.05, 0) is 12.1 Å². The van der Waals surface area contributed by atoms with Crippen LogP contribution in [-0.2, 0) is 0 Å². The van der Waals surface area contributed by atoms with E-state index in [1.807, 2.05) is 18.2 Å². The van der Waals surface area contributed by atoms with E-state index in [0.717, 1.165) is 0 Å². The number of nitrogens with zero attached hydrogens (tertiary/aromatic N) is 4. The van der Waals surface area contributed by atoms with Crippen LogP contribution in [-0.4, -0.2) is 6.04 Å². The van der Waals surface area contributed by atoms with Crippen LogP contribution in [0, 0.1) is 22.7 Å². The van der Waals surface area contributed by atoms with Crippen molar-refractivity contribution in [2.24, 2.45) is 10.2 Å². The summed E-state index contributed by atoms with van der Waals surface area (Å²) in [6, 6.07) is 11.3. The lowest BCUT2D eigenvalue weighted by Gasteiger charge is -1.89. The smallest absolute Gasteiger partial charge is 0.195 e. The Morgan fingerprint density at radius 2 is 1.69 bits per heavy atom. The largest absolute Gasteiger partial charge is 0.242 e. The molecule has 0 aliphatic rings. The van der Waals surface area contributed by atoms with Gasteiger partial charge in [-0.15, -0.1) is 0 Å². The highest BCUT2D eigenvalue weighted by Gasteiger charge is 1.99. The summed E-state index contributed by atoms with van der Waals surface area (Å²) in [6.07, 6.45) is 0. The molecule has 4 nitrogen and oxygen atoms in total. The van der Waals surface area contributed by atoms with Gasteiger partial charge in [-0.3, -0.25) is 0 Å². The minimum atomic E-state index is -1.01. The summed E-state index contributed by atoms with van der Waals surface area (Å²) in [5.74, 6) is 0. The van der Waals surface area contributed by atoms with Gasteiger partial charge < -0.3 is 0 Å². The molecule has 0 saturated heterocycles. The summed E-state index contributed by atoms with van der Waals surface area (Å²) in [5, 5.41) is 24.0. The first-order valence-corrected chi connectivity index (χ1v) is 3.62. The fourth-order valence-corrected chi connectivity index (χ4v) is 0.700. The lowest BCUT2D eigenvalue weighted by atomic mass is 10.3. The number of benzene rings is 1. The van der Waals surface area contributed by atoms with Crippen molar-refractivity contribution in [3.05, 3.63) is 30.3 Å². The predicted octanol–water partition coefficient (Wildman–Crippen LogP) is 2.19. The summed E-state index contributed by atoms with van der Waals surface area (Å²) in [4.78, 5) is 0. The summed E-state index contributed by atoms with van der Waals surface area (Å²) >= 11 is 0. The molecule has 0 bridgehead atoms. The molecular weight excluding hydrogens is 164 g/mol. The number of hydrogen-bond donors (Lipinski definition) is 0. The number of azo groups is 1. The molecule has 0 saturated carbocycles. The van der Waals surface area contributed by atoms with Crippen LogP contribution in [0.4, 0.5) is 5.69 Å². The van der Waals surface area contributed by atoms with Crippen LogP contribution in [0.15, 0.2) is 40.6 Å². The molecule has 0 aliphatic carbocycles. The van der Waals surface area contributed by atoms with Crippen molar-refractivity contribution in [3.8, 4) is 12.1 Å². The lowest BCUT2D eigenvalue weighted by Crippen LogP contribution is -1.92. The van der Waals surface area contributed by atoms with Gasteiger partial charge in [0.1, 0.15) is 12.1 Å². The molecule has 1 rings (SSSR count). The van der Waals surface area contributed by atoms with Crippen LogP contribution in [0.5, 0.6) is 0 Å². The number of nitriles is 2. The third kappa shape index (κ3) is 2.72. The molecule has 0 unspecified atom stereocenters. The molecule has 0 atom stereocenters. The van der Waals surface area contributed by atoms with E-state index in [1.165, 1.54) is 0 Å². The predicted molar refractivity (Wildman–Crippen MR) is 46.0 cm³/mol. The van der Waals surface area contributed by atoms with Crippen molar-refractivity contribution >= 4 is 5.69 Å². The Balaban J connectivity index is 2.71. The highest BCUT2D eigenvalue weighted by molar-refractivity contribution is 5.34. The van der Waals surface area contributed by atoms with Crippen molar-refractivity contribution in [3.63, 3.8) is 0 Å². The van der Waals surface area contributed by atoms with E-state index in [1.54, 1.807) is 24.3 Å². The Labute approximate surface area is 75.8 Å². The van der Waals surface area contributed by atoms with Crippen LogP contribution in [0.1, 0.15) is 0 Å². The summed E-state index contributed by atoms with van der Waals surface area (Å²) < 4.78 is 0. The Morgan fingerprint density at radius 1 is 1.08 bits per heavy atom. The van der Waals surface area contributed by atoms with Crippen molar-refractivity contribution < 1.29 is 0 Å². The van der Waals surface area contributed by atoms with Gasteiger partial charge in [-0.25, -0.2) is 0 Å². The van der Waals surface area contributed by atoms with Gasteiger partial charge in [-0.2, -0.15) is 20.8 Å². The molecule has 1 aromatic rings. The molecule has 0 radical (unpaired) electrons. The highest BCUT2D eigenvalue weighted by atomic mass is 15.1. The molecule has 0 heterocycles. The zero-order valence-corrected chi connectivity index (χ0v) is 6.75. The van der Waals surface area contributed by atoms with E-state index < -0.39 is 6.04 Å². The fourth-order valence-electron chi connectivity index (χ4n) is 0.700. The number of rotatable bonds is 2. The van der Waals surface area contributed by atoms with Gasteiger partial charge in [0.25, 0.3) is 0 Å². The Morgan fingerprint density at radius 3 is 2.23 bits per heavy atom. The third-order valence-electron chi connectivity index (χ3n) is 1.29. The van der Waals surface area contributed by atoms with Crippen LogP contribution < -0.4 is 0 Å². The van der Waals surface area contributed by atoms with Crippen molar-refractivity contribution in [2.75, 3.05) is 0 Å². The fraction of sp³-hybridized carbons (Fsp3) is 0.111. The monoisotopic (exact) mass is 170 g/mol. The van der Waals surface area contributed by atoms with E-state index in [-0.39, 0.29) is 0 Å². The minimum absolute atomic E-state index is 0.637. The second-order valence-corrected chi connectivity index (χ2v) is 2.21. The molecular formula is C9H6N4. The molecule has 4 heteroatoms. The van der Waals surface area contributed by atoms with E-state index in [0.29, 0.717) is 5.69 Å². The first-order chi connectivity index (χ1) is 6.36. The Hall–Kier alpha value is -2.20. The van der Waals surface area contributed by atoms with Crippen LogP contribution in [0.3, 0.4) is 0 Å². The van der Waals surface area contributed by atoms with Crippen LogP contribution in [0.2, 0.25) is 0 Å². The second-order valence-electron chi connectivity index (χ2n) is 2.21. The van der Waals surface area contributed by atoms with Gasteiger partial charge in [-0.1, -0.05) is 18.2 Å². The maximum atomic E-state index is 8.38. The topological polar surface area (TPSA) is 72.3 Å². The lowest BCUT2D eigenvalue weighted by molar-refractivity contribution is 0.949. The van der Waals surface area contributed by atoms with Gasteiger partial charge in [0.2, 0.25) is 6.04 Å². The first kappa shape index (κ1) is 8.89. The number of hydrogen-bond acceptors (Lipinski definition) is 4. The maximum absolute atomic E-state index is 8.38. The van der Waals surface area contributed by atoms with Gasteiger partial charge in [0.15, 0.2) is 0 Å². The molecule has 1 aromatic carbocycles. The quantitative estimate of drug-likeness (QED) is 0.638. The molecule has 0 fully saturated rings. The molecule has 0 amide bonds. The third-order valence-corrected chi connectivity index (χ3v) is 1.29. The molecule has 62 valence electrons. The molecule has 0 spiro atoms. The van der Waals surface area contributed by atoms with Crippen LogP contribution in [0.25, 0.3) is 0 Å². The molecule has 0 N–H and O–H groups in total. The summed E-state index contributed by atoms with van der Waals surface area (Å²) in [6.45, 7) is 0. The average Bonchev–Trinajstić information content (AvgIpc) is 2.21. The Bertz CT molecular complexity index is 355. The molecule has 13 heavy (non-hydrogen) atoms. The molecule has 0 aliphatic heterocycles. The average molecular weight is 170 g/mol. The van der Waals surface area contributed by atoms with Crippen molar-refractivity contribution in [1.29, 1.82) is 10.5 Å². The van der Waals surface area contributed by atoms with E-state index in [9.17, 15) is 0 Å². The van der Waals surface area contributed by atoms with Gasteiger partial charge in [0, 0.05) is 0 Å². The maximum Gasteiger partial charge on any atom is 0.242 e. The van der Waals surface area contributed by atoms with Crippen molar-refractivity contribution in [2.45, 2.75) is 6.04 Å². The van der Waals surface area contributed by atoms with E-state index >= 15 is 0 Å². The van der Waals surface area contributed by atoms with Gasteiger partial charge in [0.05, 0.1) is 5.69 Å². The second kappa shape index (κ2) is 4.63. The summed E-state index contributed by atoms with van der Waals surface area (Å²) in [7, 11) is 0. The van der Waals surface area contributed by atoms with Gasteiger partial charge >= 0.3 is 0 Å². The van der Waals surface area contributed by atoms with E-state index in [2.05, 4.69) is 10.2 Å². The minimum Gasteiger partial charge on any atom is -0.195 e. The zero-order chi connectivity index (χ0) is 9.52. The van der Waals surface area contributed by atoms with Crippen LogP contribution >= 0.6 is 0 Å². The normalized spacial score (nSPS) is 9.77. The zero-order valence-electron chi connectivity index (χ0n) is 6.75. The van der Waals surface area contributed by atoms with E-state index in [4.69, 9.17) is 10.5 Å². The summed E-state index contributed by atoms with van der Waals surface area (Å²) in [5.41, 5.74) is 0.637. The van der Waals surface area contributed by atoms with Crippen molar-refractivity contribution in [1.82, 2.24) is 0 Å². The SMILES string of the molecule is N#CC(C#N)/N=N/c1ccccc1. The Kier molecular flexibility index (Phi) is 3.17.